The number of imidazole rings is 1. The Hall–Kier alpha value is -2.41. The van der Waals surface area contributed by atoms with Gasteiger partial charge in [-0.1, -0.05) is 18.2 Å². The molecule has 0 saturated carbocycles. The molecule has 0 radical (unpaired) electrons. The van der Waals surface area contributed by atoms with Gasteiger partial charge in [-0.15, -0.1) is 11.3 Å². The molecule has 0 aliphatic carbocycles. The van der Waals surface area contributed by atoms with E-state index in [-0.39, 0.29) is 11.8 Å². The third-order valence-electron chi connectivity index (χ3n) is 3.21. The maximum Gasteiger partial charge on any atom is 0.315 e. The van der Waals surface area contributed by atoms with E-state index in [1.807, 2.05) is 22.2 Å². The Bertz CT molecular complexity index is 754. The van der Waals surface area contributed by atoms with Crippen LogP contribution in [0.2, 0.25) is 0 Å². The number of thiazole rings is 1. The molecule has 22 heavy (non-hydrogen) atoms. The summed E-state index contributed by atoms with van der Waals surface area (Å²) >= 11 is 1.54. The Balaban J connectivity index is 1.43. The van der Waals surface area contributed by atoms with Crippen molar-refractivity contribution in [3.05, 3.63) is 59.1 Å². The highest BCUT2D eigenvalue weighted by Gasteiger charge is 2.05. The first kappa shape index (κ1) is 14.5. The molecule has 1 aromatic carbocycles. The maximum atomic E-state index is 13.4. The van der Waals surface area contributed by atoms with Crippen molar-refractivity contribution < 1.29 is 9.18 Å². The zero-order chi connectivity index (χ0) is 15.4. The number of carbonyl (C=O) groups is 1. The van der Waals surface area contributed by atoms with Crippen LogP contribution in [0.25, 0.3) is 4.96 Å². The average molecular weight is 318 g/mol. The highest BCUT2D eigenvalue weighted by Crippen LogP contribution is 2.11. The number of benzene rings is 1. The molecule has 2 amide bonds. The Labute approximate surface area is 130 Å². The van der Waals surface area contributed by atoms with Crippen LogP contribution in [-0.2, 0) is 13.0 Å². The first-order valence-electron chi connectivity index (χ1n) is 6.88. The van der Waals surface area contributed by atoms with E-state index >= 15 is 0 Å². The molecule has 7 heteroatoms. The van der Waals surface area contributed by atoms with Crippen molar-refractivity contribution in [2.45, 2.75) is 13.0 Å². The molecule has 114 valence electrons. The predicted molar refractivity (Wildman–Crippen MR) is 83.4 cm³/mol. The molecular formula is C15H15FN4OS. The van der Waals surface area contributed by atoms with Gasteiger partial charge in [0, 0.05) is 24.3 Å². The SMILES string of the molecule is O=C(NCCc1ccccc1F)NCc1cn2ccsc2n1. The Morgan fingerprint density at radius 2 is 2.18 bits per heavy atom. The first-order valence-corrected chi connectivity index (χ1v) is 7.76. The van der Waals surface area contributed by atoms with Gasteiger partial charge in [0.25, 0.3) is 0 Å². The number of nitrogens with one attached hydrogen (secondary N) is 2. The molecule has 3 rings (SSSR count). The molecular weight excluding hydrogens is 303 g/mol. The zero-order valence-electron chi connectivity index (χ0n) is 11.8. The second kappa shape index (κ2) is 6.57. The highest BCUT2D eigenvalue weighted by atomic mass is 32.1. The molecule has 0 saturated heterocycles. The Morgan fingerprint density at radius 3 is 3.00 bits per heavy atom. The largest absolute Gasteiger partial charge is 0.338 e. The number of urea groups is 1. The predicted octanol–water partition coefficient (Wildman–Crippen LogP) is 2.58. The zero-order valence-corrected chi connectivity index (χ0v) is 12.6. The molecule has 0 fully saturated rings. The number of fused-ring (bicyclic) bond motifs is 1. The van der Waals surface area contributed by atoms with Crippen molar-refractivity contribution >= 4 is 22.3 Å². The van der Waals surface area contributed by atoms with Crippen LogP contribution in [-0.4, -0.2) is 22.0 Å². The van der Waals surface area contributed by atoms with E-state index in [4.69, 9.17) is 0 Å². The lowest BCUT2D eigenvalue weighted by molar-refractivity contribution is 0.240. The molecule has 2 N–H and O–H groups in total. The van der Waals surface area contributed by atoms with Crippen LogP contribution in [0.5, 0.6) is 0 Å². The van der Waals surface area contributed by atoms with E-state index in [9.17, 15) is 9.18 Å². The van der Waals surface area contributed by atoms with Gasteiger partial charge in [-0.05, 0) is 18.1 Å². The number of amides is 2. The number of rotatable bonds is 5. The quantitative estimate of drug-likeness (QED) is 0.759. The van der Waals surface area contributed by atoms with Crippen LogP contribution in [0.1, 0.15) is 11.3 Å². The third kappa shape index (κ3) is 3.43. The van der Waals surface area contributed by atoms with Crippen LogP contribution in [0, 0.1) is 5.82 Å². The highest BCUT2D eigenvalue weighted by molar-refractivity contribution is 7.15. The normalized spacial score (nSPS) is 10.8. The van der Waals surface area contributed by atoms with Gasteiger partial charge < -0.3 is 10.6 Å². The lowest BCUT2D eigenvalue weighted by Gasteiger charge is -2.07. The van der Waals surface area contributed by atoms with Gasteiger partial charge in [0.05, 0.1) is 12.2 Å². The summed E-state index contributed by atoms with van der Waals surface area (Å²) in [5, 5.41) is 7.40. The van der Waals surface area contributed by atoms with Gasteiger partial charge in [-0.3, -0.25) is 4.40 Å². The van der Waals surface area contributed by atoms with E-state index in [0.717, 1.165) is 10.7 Å². The van der Waals surface area contributed by atoms with Crippen molar-refractivity contribution in [1.82, 2.24) is 20.0 Å². The van der Waals surface area contributed by atoms with Gasteiger partial charge in [-0.2, -0.15) is 0 Å². The second-order valence-corrected chi connectivity index (χ2v) is 5.65. The first-order chi connectivity index (χ1) is 10.7. The molecule has 3 aromatic rings. The van der Waals surface area contributed by atoms with Crippen molar-refractivity contribution in [2.75, 3.05) is 6.54 Å². The molecule has 5 nitrogen and oxygen atoms in total. The lowest BCUT2D eigenvalue weighted by Crippen LogP contribution is -2.36. The summed E-state index contributed by atoms with van der Waals surface area (Å²) in [6, 6.07) is 6.28. The molecule has 0 spiro atoms. The number of nitrogens with zero attached hydrogens (tertiary/aromatic N) is 2. The fourth-order valence-corrected chi connectivity index (χ4v) is 2.83. The molecule has 0 atom stereocenters. The third-order valence-corrected chi connectivity index (χ3v) is 3.98. The van der Waals surface area contributed by atoms with E-state index in [2.05, 4.69) is 15.6 Å². The minimum absolute atomic E-state index is 0.247. The molecule has 0 aliphatic rings. The lowest BCUT2D eigenvalue weighted by atomic mass is 10.1. The van der Waals surface area contributed by atoms with Crippen LogP contribution in [0.15, 0.2) is 42.0 Å². The van der Waals surface area contributed by atoms with Gasteiger partial charge in [0.1, 0.15) is 5.82 Å². The van der Waals surface area contributed by atoms with Crippen molar-refractivity contribution in [1.29, 1.82) is 0 Å². The number of carbonyl (C=O) groups excluding carboxylic acids is 1. The summed E-state index contributed by atoms with van der Waals surface area (Å²) < 4.78 is 15.3. The fourth-order valence-electron chi connectivity index (χ4n) is 2.11. The van der Waals surface area contributed by atoms with Gasteiger partial charge in [0.2, 0.25) is 0 Å². The summed E-state index contributed by atoms with van der Waals surface area (Å²) in [5.41, 5.74) is 1.40. The standard InChI is InChI=1S/C15H15FN4OS/c16-13-4-2-1-3-11(13)5-6-17-14(21)18-9-12-10-20-7-8-22-15(20)19-12/h1-4,7-8,10H,5-6,9H2,(H2,17,18,21). The second-order valence-electron chi connectivity index (χ2n) is 4.78. The van der Waals surface area contributed by atoms with Crippen molar-refractivity contribution in [3.8, 4) is 0 Å². The monoisotopic (exact) mass is 318 g/mol. The molecule has 2 aromatic heterocycles. The van der Waals surface area contributed by atoms with E-state index in [0.29, 0.717) is 25.1 Å². The number of aromatic nitrogens is 2. The maximum absolute atomic E-state index is 13.4. The molecule has 0 unspecified atom stereocenters. The van der Waals surface area contributed by atoms with Gasteiger partial charge in [-0.25, -0.2) is 14.2 Å². The minimum atomic E-state index is -0.285. The van der Waals surface area contributed by atoms with Crippen LogP contribution < -0.4 is 10.6 Å². The Morgan fingerprint density at radius 1 is 1.32 bits per heavy atom. The Kier molecular flexibility index (Phi) is 4.34. The number of hydrogen-bond donors (Lipinski definition) is 2. The molecule has 0 bridgehead atoms. The van der Waals surface area contributed by atoms with E-state index in [1.165, 1.54) is 6.07 Å². The summed E-state index contributed by atoms with van der Waals surface area (Å²) in [7, 11) is 0. The van der Waals surface area contributed by atoms with E-state index in [1.54, 1.807) is 29.5 Å². The van der Waals surface area contributed by atoms with Crippen LogP contribution in [0.3, 0.4) is 0 Å². The summed E-state index contributed by atoms with van der Waals surface area (Å²) in [6.07, 6.45) is 4.26. The minimum Gasteiger partial charge on any atom is -0.338 e. The number of hydrogen-bond acceptors (Lipinski definition) is 3. The fraction of sp³-hybridized carbons (Fsp3) is 0.200. The topological polar surface area (TPSA) is 58.4 Å². The van der Waals surface area contributed by atoms with Crippen molar-refractivity contribution in [3.63, 3.8) is 0 Å². The van der Waals surface area contributed by atoms with Gasteiger partial charge >= 0.3 is 6.03 Å². The summed E-state index contributed by atoms with van der Waals surface area (Å²) in [6.45, 7) is 0.741. The van der Waals surface area contributed by atoms with Crippen molar-refractivity contribution in [2.24, 2.45) is 0 Å². The molecule has 2 heterocycles. The number of halogens is 1. The average Bonchev–Trinajstić information content (AvgIpc) is 3.08. The van der Waals surface area contributed by atoms with Crippen LogP contribution >= 0.6 is 11.3 Å². The van der Waals surface area contributed by atoms with E-state index < -0.39 is 0 Å². The summed E-state index contributed by atoms with van der Waals surface area (Å²) in [4.78, 5) is 17.0. The summed E-state index contributed by atoms with van der Waals surface area (Å²) in [5.74, 6) is -0.247. The smallest absolute Gasteiger partial charge is 0.315 e. The van der Waals surface area contributed by atoms with Crippen LogP contribution in [0.4, 0.5) is 9.18 Å². The molecule has 0 aliphatic heterocycles. The van der Waals surface area contributed by atoms with Gasteiger partial charge in [0.15, 0.2) is 4.96 Å².